The Morgan fingerprint density at radius 3 is 2.52 bits per heavy atom. The fourth-order valence-corrected chi connectivity index (χ4v) is 5.01. The number of ether oxygens (including phenoxy) is 2. The van der Waals surface area contributed by atoms with Crippen molar-refractivity contribution in [1.82, 2.24) is 4.90 Å². The molecule has 0 bridgehead atoms. The Labute approximate surface area is 172 Å². The average Bonchev–Trinajstić information content (AvgIpc) is 2.79. The van der Waals surface area contributed by atoms with Crippen LogP contribution in [0.3, 0.4) is 0 Å². The van der Waals surface area contributed by atoms with Crippen LogP contribution in [0.5, 0.6) is 0 Å². The van der Waals surface area contributed by atoms with E-state index >= 15 is 0 Å². The molecule has 2 aromatic rings. The standard InChI is InChI=1S/C25H27NO3/c27-24-20-11-12-23-21(25(20)28-16-22(24)19-9-5-2-6-10-19)15-26(17-29-23)14-13-18-7-3-1-4-8-18/h1-10,16,20-21,23,25H,11-15,17H2. The zero-order chi connectivity index (χ0) is 19.6. The minimum Gasteiger partial charge on any atom is -0.496 e. The summed E-state index contributed by atoms with van der Waals surface area (Å²) >= 11 is 0. The normalized spacial score (nSPS) is 29.4. The summed E-state index contributed by atoms with van der Waals surface area (Å²) in [5.41, 5.74) is 3.00. The molecule has 5 rings (SSSR count). The van der Waals surface area contributed by atoms with Crippen LogP contribution >= 0.6 is 0 Å². The van der Waals surface area contributed by atoms with Crippen molar-refractivity contribution in [3.05, 3.63) is 78.1 Å². The first-order valence-corrected chi connectivity index (χ1v) is 10.6. The van der Waals surface area contributed by atoms with Gasteiger partial charge in [-0.05, 0) is 30.4 Å². The topological polar surface area (TPSA) is 38.8 Å². The minimum absolute atomic E-state index is 0.0610. The predicted octanol–water partition coefficient (Wildman–Crippen LogP) is 3.92. The van der Waals surface area contributed by atoms with Crippen molar-refractivity contribution in [3.8, 4) is 0 Å². The summed E-state index contributed by atoms with van der Waals surface area (Å²) in [6.45, 7) is 2.56. The molecule has 4 unspecified atom stereocenters. The Morgan fingerprint density at radius 1 is 0.966 bits per heavy atom. The van der Waals surface area contributed by atoms with Gasteiger partial charge in [-0.1, -0.05) is 60.7 Å². The number of benzene rings is 2. The summed E-state index contributed by atoms with van der Waals surface area (Å²) in [5.74, 6) is 0.414. The van der Waals surface area contributed by atoms with Gasteiger partial charge in [-0.2, -0.15) is 0 Å². The van der Waals surface area contributed by atoms with Crippen LogP contribution in [0.1, 0.15) is 24.0 Å². The molecule has 4 heteroatoms. The molecule has 4 atom stereocenters. The molecule has 0 N–H and O–H groups in total. The van der Waals surface area contributed by atoms with Crippen LogP contribution < -0.4 is 0 Å². The van der Waals surface area contributed by atoms with E-state index in [1.165, 1.54) is 5.56 Å². The molecule has 0 spiro atoms. The van der Waals surface area contributed by atoms with E-state index in [2.05, 4.69) is 35.2 Å². The molecule has 1 saturated heterocycles. The second-order valence-corrected chi connectivity index (χ2v) is 8.36. The Hall–Kier alpha value is -2.43. The van der Waals surface area contributed by atoms with E-state index in [4.69, 9.17) is 9.47 Å². The molecule has 0 amide bonds. The number of allylic oxidation sites excluding steroid dienone is 1. The SMILES string of the molecule is O=C1C(c2ccccc2)=COC2C1CCC1OCN(CCc3ccccc3)CC12. The molecule has 0 aromatic heterocycles. The van der Waals surface area contributed by atoms with E-state index in [1.807, 2.05) is 30.3 Å². The van der Waals surface area contributed by atoms with Crippen molar-refractivity contribution in [3.63, 3.8) is 0 Å². The zero-order valence-corrected chi connectivity index (χ0v) is 16.6. The number of nitrogens with zero attached hydrogens (tertiary/aromatic N) is 1. The predicted molar refractivity (Wildman–Crippen MR) is 112 cm³/mol. The molecule has 2 aliphatic heterocycles. The van der Waals surface area contributed by atoms with Gasteiger partial charge in [-0.3, -0.25) is 9.69 Å². The summed E-state index contributed by atoms with van der Waals surface area (Å²) in [6, 6.07) is 20.4. The van der Waals surface area contributed by atoms with E-state index in [-0.39, 0.29) is 29.8 Å². The fourth-order valence-electron chi connectivity index (χ4n) is 5.01. The number of carbonyl (C=O) groups is 1. The van der Waals surface area contributed by atoms with Crippen LogP contribution in [0.4, 0.5) is 0 Å². The van der Waals surface area contributed by atoms with Crippen LogP contribution in [-0.4, -0.2) is 42.7 Å². The van der Waals surface area contributed by atoms with Crippen molar-refractivity contribution in [2.45, 2.75) is 31.5 Å². The van der Waals surface area contributed by atoms with Gasteiger partial charge < -0.3 is 9.47 Å². The van der Waals surface area contributed by atoms with E-state index in [0.29, 0.717) is 12.3 Å². The highest BCUT2D eigenvalue weighted by Crippen LogP contribution is 2.41. The second-order valence-electron chi connectivity index (χ2n) is 8.36. The van der Waals surface area contributed by atoms with Gasteiger partial charge in [0.05, 0.1) is 30.6 Å². The first-order valence-electron chi connectivity index (χ1n) is 10.6. The van der Waals surface area contributed by atoms with Gasteiger partial charge in [0.25, 0.3) is 0 Å². The van der Waals surface area contributed by atoms with Gasteiger partial charge in [0.2, 0.25) is 0 Å². The van der Waals surface area contributed by atoms with Crippen molar-refractivity contribution in [1.29, 1.82) is 0 Å². The molecule has 150 valence electrons. The highest BCUT2D eigenvalue weighted by molar-refractivity contribution is 6.22. The molecule has 29 heavy (non-hydrogen) atoms. The number of ketones is 1. The van der Waals surface area contributed by atoms with Crippen LogP contribution in [0.25, 0.3) is 5.57 Å². The highest BCUT2D eigenvalue weighted by atomic mass is 16.5. The van der Waals surface area contributed by atoms with Crippen molar-refractivity contribution >= 4 is 11.4 Å². The number of hydrogen-bond donors (Lipinski definition) is 0. The smallest absolute Gasteiger partial charge is 0.173 e. The Morgan fingerprint density at radius 2 is 1.72 bits per heavy atom. The number of fused-ring (bicyclic) bond motifs is 3. The third-order valence-electron chi connectivity index (χ3n) is 6.59. The lowest BCUT2D eigenvalue weighted by Gasteiger charge is -2.48. The van der Waals surface area contributed by atoms with Crippen LogP contribution in [0.15, 0.2) is 66.9 Å². The summed E-state index contributed by atoms with van der Waals surface area (Å²) in [4.78, 5) is 15.6. The number of Topliss-reactive ketones (excluding diaryl/α,β-unsaturated/α-hetero) is 1. The maximum atomic E-state index is 13.2. The third kappa shape index (κ3) is 3.75. The number of rotatable bonds is 4. The van der Waals surface area contributed by atoms with Crippen molar-refractivity contribution in [2.24, 2.45) is 11.8 Å². The molecule has 0 radical (unpaired) electrons. The average molecular weight is 389 g/mol. The molecule has 4 nitrogen and oxygen atoms in total. The third-order valence-corrected chi connectivity index (χ3v) is 6.59. The van der Waals surface area contributed by atoms with Crippen LogP contribution in [0, 0.1) is 11.8 Å². The maximum Gasteiger partial charge on any atom is 0.173 e. The number of carbonyl (C=O) groups excluding carboxylic acids is 1. The van der Waals surface area contributed by atoms with Gasteiger partial charge in [-0.15, -0.1) is 0 Å². The van der Waals surface area contributed by atoms with E-state index < -0.39 is 0 Å². The summed E-state index contributed by atoms with van der Waals surface area (Å²) in [7, 11) is 0. The fraction of sp³-hybridized carbons (Fsp3) is 0.400. The summed E-state index contributed by atoms with van der Waals surface area (Å²) in [6.07, 6.45) is 4.61. The Kier molecular flexibility index (Phi) is 5.21. The summed E-state index contributed by atoms with van der Waals surface area (Å²) < 4.78 is 12.4. The van der Waals surface area contributed by atoms with Crippen LogP contribution in [-0.2, 0) is 20.7 Å². The van der Waals surface area contributed by atoms with Gasteiger partial charge >= 0.3 is 0 Å². The van der Waals surface area contributed by atoms with Gasteiger partial charge in [-0.25, -0.2) is 0 Å². The van der Waals surface area contributed by atoms with Gasteiger partial charge in [0.15, 0.2) is 5.78 Å². The Bertz CT molecular complexity index is 879. The van der Waals surface area contributed by atoms with Crippen molar-refractivity contribution < 1.29 is 14.3 Å². The quantitative estimate of drug-likeness (QED) is 0.794. The first kappa shape index (κ1) is 18.6. The lowest BCUT2D eigenvalue weighted by molar-refractivity contribution is -0.169. The maximum absolute atomic E-state index is 13.2. The molecule has 3 aliphatic rings. The zero-order valence-electron chi connectivity index (χ0n) is 16.6. The largest absolute Gasteiger partial charge is 0.496 e. The molecule has 1 aliphatic carbocycles. The van der Waals surface area contributed by atoms with E-state index in [0.717, 1.165) is 37.9 Å². The van der Waals surface area contributed by atoms with Gasteiger partial charge in [0, 0.05) is 19.0 Å². The molecular formula is C25H27NO3. The highest BCUT2D eigenvalue weighted by Gasteiger charge is 2.48. The van der Waals surface area contributed by atoms with Gasteiger partial charge in [0.1, 0.15) is 6.10 Å². The first-order chi connectivity index (χ1) is 14.3. The van der Waals surface area contributed by atoms with E-state index in [9.17, 15) is 4.79 Å². The van der Waals surface area contributed by atoms with Crippen molar-refractivity contribution in [2.75, 3.05) is 19.8 Å². The lowest BCUT2D eigenvalue weighted by Crippen LogP contribution is -2.56. The lowest BCUT2D eigenvalue weighted by atomic mass is 9.71. The molecule has 1 saturated carbocycles. The molecule has 2 aromatic carbocycles. The monoisotopic (exact) mass is 389 g/mol. The van der Waals surface area contributed by atoms with E-state index in [1.54, 1.807) is 6.26 Å². The Balaban J connectivity index is 1.29. The summed E-state index contributed by atoms with van der Waals surface area (Å²) in [5, 5.41) is 0. The molecular weight excluding hydrogens is 362 g/mol. The molecule has 2 heterocycles. The number of hydrogen-bond acceptors (Lipinski definition) is 4. The minimum atomic E-state index is -0.0757. The van der Waals surface area contributed by atoms with Crippen LogP contribution in [0.2, 0.25) is 0 Å². The second kappa shape index (κ2) is 8.13. The molecule has 2 fully saturated rings.